The van der Waals surface area contributed by atoms with Gasteiger partial charge >= 0.3 is 5.97 Å². The first-order valence-corrected chi connectivity index (χ1v) is 8.61. The number of hydrogen-bond acceptors (Lipinski definition) is 4. The third kappa shape index (κ3) is 4.91. The Kier molecular flexibility index (Phi) is 6.73. The third-order valence-electron chi connectivity index (χ3n) is 3.94. The minimum atomic E-state index is -1.53. The standard InChI is InChI=1S/C21H26O4/c1-4-24-19(22)15-21(23,18-13-9-6-10-14-18)20(25-16(2)3)17-11-7-5-8-12-17/h5-14,16,20,23H,4,15H2,1-3H3/t20-,21-/m0/s1. The fourth-order valence-electron chi connectivity index (χ4n) is 2.87. The molecule has 4 nitrogen and oxygen atoms in total. The Morgan fingerprint density at radius 1 is 1.04 bits per heavy atom. The third-order valence-corrected chi connectivity index (χ3v) is 3.94. The summed E-state index contributed by atoms with van der Waals surface area (Å²) >= 11 is 0. The number of carbonyl (C=O) groups excluding carboxylic acids is 1. The van der Waals surface area contributed by atoms with Crippen molar-refractivity contribution in [2.75, 3.05) is 6.61 Å². The van der Waals surface area contributed by atoms with Crippen molar-refractivity contribution in [1.82, 2.24) is 0 Å². The second-order valence-corrected chi connectivity index (χ2v) is 6.25. The summed E-state index contributed by atoms with van der Waals surface area (Å²) < 4.78 is 11.2. The molecule has 0 aromatic heterocycles. The summed E-state index contributed by atoms with van der Waals surface area (Å²) in [5.74, 6) is -0.456. The van der Waals surface area contributed by atoms with E-state index in [1.165, 1.54) is 0 Å². The van der Waals surface area contributed by atoms with Gasteiger partial charge in [0.25, 0.3) is 0 Å². The number of esters is 1. The lowest BCUT2D eigenvalue weighted by Crippen LogP contribution is -2.39. The van der Waals surface area contributed by atoms with Crippen LogP contribution in [-0.4, -0.2) is 23.8 Å². The lowest BCUT2D eigenvalue weighted by molar-refractivity contribution is -0.168. The van der Waals surface area contributed by atoms with E-state index in [2.05, 4.69) is 0 Å². The minimum absolute atomic E-state index is 0.123. The van der Waals surface area contributed by atoms with E-state index >= 15 is 0 Å². The van der Waals surface area contributed by atoms with Crippen LogP contribution in [0.1, 0.15) is 44.4 Å². The van der Waals surface area contributed by atoms with Gasteiger partial charge in [-0.25, -0.2) is 0 Å². The number of benzene rings is 2. The summed E-state index contributed by atoms with van der Waals surface area (Å²) in [6.07, 6.45) is -1.000. The molecular formula is C21H26O4. The molecule has 0 unspecified atom stereocenters. The van der Waals surface area contributed by atoms with Gasteiger partial charge in [0.15, 0.2) is 0 Å². The zero-order valence-electron chi connectivity index (χ0n) is 15.0. The molecule has 0 aliphatic carbocycles. The first-order valence-electron chi connectivity index (χ1n) is 8.61. The maximum atomic E-state index is 12.2. The number of aliphatic hydroxyl groups is 1. The van der Waals surface area contributed by atoms with Crippen LogP contribution in [0.5, 0.6) is 0 Å². The minimum Gasteiger partial charge on any atom is -0.466 e. The zero-order chi connectivity index (χ0) is 18.3. The van der Waals surface area contributed by atoms with Crippen molar-refractivity contribution in [1.29, 1.82) is 0 Å². The van der Waals surface area contributed by atoms with Crippen molar-refractivity contribution in [3.8, 4) is 0 Å². The quantitative estimate of drug-likeness (QED) is 0.737. The topological polar surface area (TPSA) is 55.8 Å². The monoisotopic (exact) mass is 342 g/mol. The molecule has 0 bridgehead atoms. The Morgan fingerprint density at radius 2 is 1.60 bits per heavy atom. The van der Waals surface area contributed by atoms with E-state index in [-0.39, 0.29) is 19.1 Å². The molecule has 1 N–H and O–H groups in total. The van der Waals surface area contributed by atoms with Gasteiger partial charge in [-0.15, -0.1) is 0 Å². The number of hydrogen-bond donors (Lipinski definition) is 1. The van der Waals surface area contributed by atoms with Crippen molar-refractivity contribution in [2.45, 2.75) is 45.0 Å². The second-order valence-electron chi connectivity index (χ2n) is 6.25. The van der Waals surface area contributed by atoms with Gasteiger partial charge in [0.1, 0.15) is 11.7 Å². The van der Waals surface area contributed by atoms with Gasteiger partial charge in [0.2, 0.25) is 0 Å². The fourth-order valence-corrected chi connectivity index (χ4v) is 2.87. The van der Waals surface area contributed by atoms with E-state index in [9.17, 15) is 9.90 Å². The zero-order valence-corrected chi connectivity index (χ0v) is 15.0. The van der Waals surface area contributed by atoms with Crippen LogP contribution in [0.4, 0.5) is 0 Å². The number of ether oxygens (including phenoxy) is 2. The molecule has 0 spiro atoms. The van der Waals surface area contributed by atoms with Gasteiger partial charge in [0, 0.05) is 0 Å². The summed E-state index contributed by atoms with van der Waals surface area (Å²) in [6.45, 7) is 5.83. The van der Waals surface area contributed by atoms with Crippen molar-refractivity contribution >= 4 is 5.97 Å². The van der Waals surface area contributed by atoms with E-state index in [0.717, 1.165) is 5.56 Å². The van der Waals surface area contributed by atoms with Crippen molar-refractivity contribution in [3.63, 3.8) is 0 Å². The maximum Gasteiger partial charge on any atom is 0.309 e. The van der Waals surface area contributed by atoms with Gasteiger partial charge < -0.3 is 14.6 Å². The van der Waals surface area contributed by atoms with Crippen LogP contribution in [-0.2, 0) is 19.9 Å². The lowest BCUT2D eigenvalue weighted by atomic mass is 9.81. The first kappa shape index (κ1) is 19.2. The predicted molar refractivity (Wildman–Crippen MR) is 97.0 cm³/mol. The molecule has 2 atom stereocenters. The van der Waals surface area contributed by atoms with Gasteiger partial charge in [-0.1, -0.05) is 60.7 Å². The largest absolute Gasteiger partial charge is 0.466 e. The van der Waals surface area contributed by atoms with Crippen LogP contribution in [0.2, 0.25) is 0 Å². The normalized spacial score (nSPS) is 14.8. The molecule has 0 heterocycles. The second kappa shape index (κ2) is 8.79. The molecule has 0 saturated carbocycles. The Labute approximate surface area is 149 Å². The van der Waals surface area contributed by atoms with Crippen molar-refractivity contribution in [2.24, 2.45) is 0 Å². The van der Waals surface area contributed by atoms with Crippen LogP contribution in [0.15, 0.2) is 60.7 Å². The van der Waals surface area contributed by atoms with Gasteiger partial charge in [-0.2, -0.15) is 0 Å². The molecule has 134 valence electrons. The molecule has 2 aromatic carbocycles. The van der Waals surface area contributed by atoms with Gasteiger partial charge in [-0.3, -0.25) is 4.79 Å². The Bertz CT molecular complexity index is 654. The lowest BCUT2D eigenvalue weighted by Gasteiger charge is -2.37. The van der Waals surface area contributed by atoms with Crippen LogP contribution in [0.3, 0.4) is 0 Å². The van der Waals surface area contributed by atoms with E-state index in [4.69, 9.17) is 9.47 Å². The molecular weight excluding hydrogens is 316 g/mol. The Balaban J connectivity index is 2.51. The van der Waals surface area contributed by atoms with E-state index in [1.807, 2.05) is 62.4 Å². The molecule has 0 aliphatic rings. The average molecular weight is 342 g/mol. The molecule has 0 fully saturated rings. The van der Waals surface area contributed by atoms with E-state index in [0.29, 0.717) is 5.56 Å². The predicted octanol–water partition coefficient (Wildman–Crippen LogP) is 3.99. The van der Waals surface area contributed by atoms with Gasteiger partial charge in [-0.05, 0) is 31.9 Å². The Morgan fingerprint density at radius 3 is 2.12 bits per heavy atom. The number of carbonyl (C=O) groups is 1. The summed E-state index contributed by atoms with van der Waals surface area (Å²) in [4.78, 5) is 12.2. The molecule has 2 aromatic rings. The maximum absolute atomic E-state index is 12.2. The van der Waals surface area contributed by atoms with Crippen molar-refractivity contribution < 1.29 is 19.4 Å². The molecule has 0 saturated heterocycles. The van der Waals surface area contributed by atoms with Gasteiger partial charge in [0.05, 0.1) is 19.1 Å². The van der Waals surface area contributed by atoms with Crippen LogP contribution in [0.25, 0.3) is 0 Å². The van der Waals surface area contributed by atoms with Crippen LogP contribution < -0.4 is 0 Å². The average Bonchev–Trinajstić information content (AvgIpc) is 2.61. The summed E-state index contributed by atoms with van der Waals surface area (Å²) in [6, 6.07) is 18.6. The van der Waals surface area contributed by atoms with E-state index < -0.39 is 17.7 Å². The molecule has 0 radical (unpaired) electrons. The SMILES string of the molecule is CCOC(=O)C[C@](O)(c1ccccc1)[C@@H](OC(C)C)c1ccccc1. The molecule has 0 aliphatic heterocycles. The molecule has 4 heteroatoms. The van der Waals surface area contributed by atoms with E-state index in [1.54, 1.807) is 19.1 Å². The first-order chi connectivity index (χ1) is 12.0. The molecule has 0 amide bonds. The summed E-state index contributed by atoms with van der Waals surface area (Å²) in [5, 5.41) is 11.6. The Hall–Kier alpha value is -2.17. The smallest absolute Gasteiger partial charge is 0.309 e. The van der Waals surface area contributed by atoms with Crippen LogP contribution >= 0.6 is 0 Å². The van der Waals surface area contributed by atoms with Crippen LogP contribution in [0, 0.1) is 0 Å². The molecule has 25 heavy (non-hydrogen) atoms. The number of rotatable bonds is 8. The fraction of sp³-hybridized carbons (Fsp3) is 0.381. The summed E-state index contributed by atoms with van der Waals surface area (Å²) in [5.41, 5.74) is -0.0940. The summed E-state index contributed by atoms with van der Waals surface area (Å²) in [7, 11) is 0. The molecule has 2 rings (SSSR count). The highest BCUT2D eigenvalue weighted by Crippen LogP contribution is 2.41. The highest BCUT2D eigenvalue weighted by molar-refractivity contribution is 5.71. The van der Waals surface area contributed by atoms with Crippen molar-refractivity contribution in [3.05, 3.63) is 71.8 Å². The highest BCUT2D eigenvalue weighted by atomic mass is 16.5. The highest BCUT2D eigenvalue weighted by Gasteiger charge is 2.43.